The van der Waals surface area contributed by atoms with E-state index in [2.05, 4.69) is 31.1 Å². The van der Waals surface area contributed by atoms with Crippen LogP contribution in [0.5, 0.6) is 0 Å². The van der Waals surface area contributed by atoms with E-state index < -0.39 is 0 Å². The Morgan fingerprint density at radius 2 is 1.78 bits per heavy atom. The molecule has 0 fully saturated rings. The average Bonchev–Trinajstić information content (AvgIpc) is 2.63. The van der Waals surface area contributed by atoms with Crippen molar-refractivity contribution in [1.82, 2.24) is 9.55 Å². The molecule has 27 heavy (non-hydrogen) atoms. The first-order chi connectivity index (χ1) is 12.8. The van der Waals surface area contributed by atoms with Crippen LogP contribution in [-0.4, -0.2) is 15.5 Å². The van der Waals surface area contributed by atoms with Gasteiger partial charge in [-0.15, -0.1) is 0 Å². The fourth-order valence-electron chi connectivity index (χ4n) is 2.95. The van der Waals surface area contributed by atoms with Crippen LogP contribution in [0.15, 0.2) is 59.7 Å². The third kappa shape index (κ3) is 4.61. The third-order valence-corrected chi connectivity index (χ3v) is 4.57. The standard InChI is InChI=1S/C22H25N3O2/c1-22(2,3)16-10-12-17(13-11-16)24-20(26)9-6-14-25-15-23-19-8-5-4-7-18(19)21(25)27/h4-5,7-8,10-13,15H,6,9,14H2,1-3H3,(H,24,26). The van der Waals surface area contributed by atoms with Gasteiger partial charge in [-0.05, 0) is 41.7 Å². The number of rotatable bonds is 5. The molecule has 0 radical (unpaired) electrons. The number of carbonyl (C=O) groups excluding carboxylic acids is 1. The van der Waals surface area contributed by atoms with Gasteiger partial charge in [0, 0.05) is 18.7 Å². The summed E-state index contributed by atoms with van der Waals surface area (Å²) in [5, 5.41) is 3.51. The smallest absolute Gasteiger partial charge is 0.261 e. The van der Waals surface area contributed by atoms with E-state index in [1.807, 2.05) is 42.5 Å². The molecule has 0 spiro atoms. The van der Waals surface area contributed by atoms with Gasteiger partial charge in [0.15, 0.2) is 0 Å². The molecule has 0 atom stereocenters. The molecule has 140 valence electrons. The lowest BCUT2D eigenvalue weighted by molar-refractivity contribution is -0.116. The summed E-state index contributed by atoms with van der Waals surface area (Å²) in [4.78, 5) is 28.9. The molecule has 0 aliphatic carbocycles. The number of aromatic nitrogens is 2. The zero-order chi connectivity index (χ0) is 19.4. The first-order valence-electron chi connectivity index (χ1n) is 9.19. The second-order valence-corrected chi connectivity index (χ2v) is 7.74. The highest BCUT2D eigenvalue weighted by atomic mass is 16.1. The van der Waals surface area contributed by atoms with E-state index >= 15 is 0 Å². The molecular formula is C22H25N3O2. The van der Waals surface area contributed by atoms with Crippen molar-refractivity contribution >= 4 is 22.5 Å². The SMILES string of the molecule is CC(C)(C)c1ccc(NC(=O)CCCn2cnc3ccccc3c2=O)cc1. The Kier molecular flexibility index (Phi) is 5.40. The number of carbonyl (C=O) groups is 1. The molecule has 2 aromatic carbocycles. The van der Waals surface area contributed by atoms with Crippen molar-refractivity contribution in [3.05, 3.63) is 70.8 Å². The van der Waals surface area contributed by atoms with Gasteiger partial charge in [0.2, 0.25) is 5.91 Å². The van der Waals surface area contributed by atoms with E-state index in [-0.39, 0.29) is 16.9 Å². The minimum absolute atomic E-state index is 0.0553. The molecule has 0 saturated carbocycles. The van der Waals surface area contributed by atoms with Crippen LogP contribution in [0.25, 0.3) is 10.9 Å². The monoisotopic (exact) mass is 363 g/mol. The van der Waals surface area contributed by atoms with Crippen molar-refractivity contribution in [3.63, 3.8) is 0 Å². The van der Waals surface area contributed by atoms with Gasteiger partial charge in [0.05, 0.1) is 17.2 Å². The first-order valence-corrected chi connectivity index (χ1v) is 9.19. The van der Waals surface area contributed by atoms with E-state index in [1.54, 1.807) is 17.0 Å². The summed E-state index contributed by atoms with van der Waals surface area (Å²) in [6, 6.07) is 15.2. The topological polar surface area (TPSA) is 64.0 Å². The number of aryl methyl sites for hydroxylation is 1. The summed E-state index contributed by atoms with van der Waals surface area (Å²) in [6.45, 7) is 6.94. The number of anilines is 1. The summed E-state index contributed by atoms with van der Waals surface area (Å²) in [7, 11) is 0. The van der Waals surface area contributed by atoms with E-state index in [9.17, 15) is 9.59 Å². The predicted octanol–water partition coefficient (Wildman–Crippen LogP) is 4.11. The van der Waals surface area contributed by atoms with E-state index in [0.29, 0.717) is 30.3 Å². The van der Waals surface area contributed by atoms with Crippen LogP contribution in [0, 0.1) is 0 Å². The Labute approximate surface area is 159 Å². The van der Waals surface area contributed by atoms with Gasteiger partial charge >= 0.3 is 0 Å². The summed E-state index contributed by atoms with van der Waals surface area (Å²) < 4.78 is 1.56. The van der Waals surface area contributed by atoms with Gasteiger partial charge in [-0.1, -0.05) is 45.0 Å². The Balaban J connectivity index is 1.55. The van der Waals surface area contributed by atoms with Crippen LogP contribution in [0.1, 0.15) is 39.2 Å². The van der Waals surface area contributed by atoms with Crippen LogP contribution in [0.2, 0.25) is 0 Å². The molecular weight excluding hydrogens is 338 g/mol. The quantitative estimate of drug-likeness (QED) is 0.742. The van der Waals surface area contributed by atoms with Crippen molar-refractivity contribution in [3.8, 4) is 0 Å². The normalized spacial score (nSPS) is 11.5. The molecule has 1 N–H and O–H groups in total. The molecule has 0 unspecified atom stereocenters. The number of amides is 1. The molecule has 3 rings (SSSR count). The van der Waals surface area contributed by atoms with Crippen LogP contribution >= 0.6 is 0 Å². The van der Waals surface area contributed by atoms with E-state index in [4.69, 9.17) is 0 Å². The number of hydrogen-bond acceptors (Lipinski definition) is 3. The second-order valence-electron chi connectivity index (χ2n) is 7.74. The number of fused-ring (bicyclic) bond motifs is 1. The van der Waals surface area contributed by atoms with Gasteiger partial charge in [-0.2, -0.15) is 0 Å². The van der Waals surface area contributed by atoms with Gasteiger partial charge in [-0.25, -0.2) is 4.98 Å². The van der Waals surface area contributed by atoms with Crippen molar-refractivity contribution in [1.29, 1.82) is 0 Å². The zero-order valence-corrected chi connectivity index (χ0v) is 16.0. The average molecular weight is 363 g/mol. The molecule has 0 bridgehead atoms. The van der Waals surface area contributed by atoms with E-state index in [1.165, 1.54) is 5.56 Å². The fourth-order valence-corrected chi connectivity index (χ4v) is 2.95. The molecule has 5 nitrogen and oxygen atoms in total. The van der Waals surface area contributed by atoms with Crippen LogP contribution in [0.4, 0.5) is 5.69 Å². The summed E-state index contributed by atoms with van der Waals surface area (Å²) >= 11 is 0. The van der Waals surface area contributed by atoms with Crippen molar-refractivity contribution in [2.75, 3.05) is 5.32 Å². The fraction of sp³-hybridized carbons (Fsp3) is 0.318. The van der Waals surface area contributed by atoms with Crippen molar-refractivity contribution in [2.24, 2.45) is 0 Å². The molecule has 3 aromatic rings. The highest BCUT2D eigenvalue weighted by Gasteiger charge is 2.13. The molecule has 1 heterocycles. The minimum Gasteiger partial charge on any atom is -0.326 e. The number of nitrogens with zero attached hydrogens (tertiary/aromatic N) is 2. The lowest BCUT2D eigenvalue weighted by atomic mass is 9.87. The largest absolute Gasteiger partial charge is 0.326 e. The van der Waals surface area contributed by atoms with Gasteiger partial charge < -0.3 is 5.32 Å². The lowest BCUT2D eigenvalue weighted by Gasteiger charge is -2.19. The van der Waals surface area contributed by atoms with Crippen LogP contribution < -0.4 is 10.9 Å². The Bertz CT molecular complexity index is 998. The first kappa shape index (κ1) is 18.8. The van der Waals surface area contributed by atoms with E-state index in [0.717, 1.165) is 5.69 Å². The molecule has 1 amide bonds. The zero-order valence-electron chi connectivity index (χ0n) is 16.0. The van der Waals surface area contributed by atoms with Crippen molar-refractivity contribution in [2.45, 2.75) is 45.6 Å². The summed E-state index contributed by atoms with van der Waals surface area (Å²) in [6.07, 6.45) is 2.47. The Hall–Kier alpha value is -2.95. The molecule has 0 aliphatic rings. The molecule has 0 aliphatic heterocycles. The third-order valence-electron chi connectivity index (χ3n) is 4.57. The van der Waals surface area contributed by atoms with Crippen LogP contribution in [0.3, 0.4) is 0 Å². The Morgan fingerprint density at radius 1 is 1.07 bits per heavy atom. The molecule has 1 aromatic heterocycles. The summed E-state index contributed by atoms with van der Waals surface area (Å²) in [5.74, 6) is -0.0553. The minimum atomic E-state index is -0.0706. The second kappa shape index (κ2) is 7.74. The Morgan fingerprint density at radius 3 is 2.48 bits per heavy atom. The highest BCUT2D eigenvalue weighted by Crippen LogP contribution is 2.23. The maximum absolute atomic E-state index is 12.4. The molecule has 0 saturated heterocycles. The number of para-hydroxylation sites is 1. The maximum atomic E-state index is 12.4. The van der Waals surface area contributed by atoms with Crippen LogP contribution in [-0.2, 0) is 16.8 Å². The van der Waals surface area contributed by atoms with Crippen molar-refractivity contribution < 1.29 is 4.79 Å². The number of nitrogens with one attached hydrogen (secondary N) is 1. The van der Waals surface area contributed by atoms with Gasteiger partial charge in [0.25, 0.3) is 5.56 Å². The highest BCUT2D eigenvalue weighted by molar-refractivity contribution is 5.90. The molecule has 5 heteroatoms. The van der Waals surface area contributed by atoms with Gasteiger partial charge in [-0.3, -0.25) is 14.2 Å². The lowest BCUT2D eigenvalue weighted by Crippen LogP contribution is -2.21. The predicted molar refractivity (Wildman–Crippen MR) is 109 cm³/mol. The number of hydrogen-bond donors (Lipinski definition) is 1. The summed E-state index contributed by atoms with van der Waals surface area (Å²) in [5.41, 5.74) is 2.72. The number of benzene rings is 2. The van der Waals surface area contributed by atoms with Gasteiger partial charge in [0.1, 0.15) is 0 Å². The maximum Gasteiger partial charge on any atom is 0.261 e.